The molecule has 0 radical (unpaired) electrons. The Morgan fingerprint density at radius 2 is 2.15 bits per heavy atom. The Morgan fingerprint density at radius 3 is 2.75 bits per heavy atom. The first-order valence-electron chi connectivity index (χ1n) is 6.88. The lowest BCUT2D eigenvalue weighted by Crippen LogP contribution is -2.40. The topological polar surface area (TPSA) is 29.5 Å². The largest absolute Gasteiger partial charge is 0.496 e. The first-order chi connectivity index (χ1) is 9.67. The molecule has 5 heteroatoms. The van der Waals surface area contributed by atoms with Gasteiger partial charge in [0, 0.05) is 22.9 Å². The van der Waals surface area contributed by atoms with Crippen LogP contribution in [0.5, 0.6) is 5.75 Å². The van der Waals surface area contributed by atoms with Crippen molar-refractivity contribution in [2.75, 3.05) is 19.5 Å². The van der Waals surface area contributed by atoms with Crippen LogP contribution in [0.4, 0.5) is 0 Å². The summed E-state index contributed by atoms with van der Waals surface area (Å²) >= 11 is 9.27. The molecule has 0 bridgehead atoms. The van der Waals surface area contributed by atoms with Crippen molar-refractivity contribution in [3.05, 3.63) is 28.2 Å². The molecule has 1 aromatic carbocycles. The molecule has 0 unspecified atom stereocenters. The van der Waals surface area contributed by atoms with Crippen LogP contribution in [0.3, 0.4) is 0 Å². The molecule has 0 N–H and O–H groups in total. The Labute approximate surface area is 133 Å². The quantitative estimate of drug-likeness (QED) is 0.740. The number of alkyl halides is 1. The predicted octanol–water partition coefficient (Wildman–Crippen LogP) is 4.08. The number of methoxy groups -OCH3 is 1. The molecule has 0 aliphatic heterocycles. The highest BCUT2D eigenvalue weighted by molar-refractivity contribution is 9.10. The van der Waals surface area contributed by atoms with Crippen molar-refractivity contribution in [2.24, 2.45) is 0 Å². The molecular formula is C15H19BrClNO2. The number of rotatable bonds is 5. The molecule has 1 aromatic rings. The number of hydrogen-bond acceptors (Lipinski definition) is 2. The highest BCUT2D eigenvalue weighted by Crippen LogP contribution is 2.29. The summed E-state index contributed by atoms with van der Waals surface area (Å²) in [6.07, 6.45) is 4.52. The third-order valence-corrected chi connectivity index (χ3v) is 4.41. The fourth-order valence-electron chi connectivity index (χ4n) is 2.75. The summed E-state index contributed by atoms with van der Waals surface area (Å²) < 4.78 is 6.23. The van der Waals surface area contributed by atoms with Gasteiger partial charge in [0.15, 0.2) is 0 Å². The summed E-state index contributed by atoms with van der Waals surface area (Å²) in [5, 5.41) is 0. The molecule has 3 nitrogen and oxygen atoms in total. The monoisotopic (exact) mass is 359 g/mol. The van der Waals surface area contributed by atoms with Gasteiger partial charge in [-0.3, -0.25) is 4.79 Å². The number of benzene rings is 1. The van der Waals surface area contributed by atoms with Crippen LogP contribution >= 0.6 is 27.5 Å². The van der Waals surface area contributed by atoms with Gasteiger partial charge < -0.3 is 9.64 Å². The van der Waals surface area contributed by atoms with Crippen molar-refractivity contribution in [1.82, 2.24) is 4.90 Å². The maximum atomic E-state index is 12.8. The van der Waals surface area contributed by atoms with E-state index in [1.54, 1.807) is 13.2 Å². The summed E-state index contributed by atoms with van der Waals surface area (Å²) in [5.74, 6) is 1.07. The minimum atomic E-state index is 0.0156. The molecule has 110 valence electrons. The van der Waals surface area contributed by atoms with E-state index in [2.05, 4.69) is 15.9 Å². The van der Waals surface area contributed by atoms with E-state index in [9.17, 15) is 4.79 Å². The van der Waals surface area contributed by atoms with Crippen LogP contribution in [0.15, 0.2) is 22.7 Å². The molecule has 1 fully saturated rings. The standard InChI is InChI=1S/C15H19BrClNO2/c1-20-14-10-11(16)6-7-13(14)15(19)18(9-8-17)12-4-2-3-5-12/h6-7,10,12H,2-5,8-9H2,1H3. The second kappa shape index (κ2) is 7.32. The number of carbonyl (C=O) groups excluding carboxylic acids is 1. The molecule has 20 heavy (non-hydrogen) atoms. The second-order valence-electron chi connectivity index (χ2n) is 4.97. The Balaban J connectivity index is 2.26. The van der Waals surface area contributed by atoms with Gasteiger partial charge in [0.1, 0.15) is 5.75 Å². The predicted molar refractivity (Wildman–Crippen MR) is 84.7 cm³/mol. The van der Waals surface area contributed by atoms with Crippen LogP contribution in [0.2, 0.25) is 0 Å². The fraction of sp³-hybridized carbons (Fsp3) is 0.533. The lowest BCUT2D eigenvalue weighted by molar-refractivity contribution is 0.0691. The van der Waals surface area contributed by atoms with Gasteiger partial charge in [-0.1, -0.05) is 28.8 Å². The summed E-state index contributed by atoms with van der Waals surface area (Å²) in [5.41, 5.74) is 0.604. The van der Waals surface area contributed by atoms with Gasteiger partial charge in [-0.2, -0.15) is 0 Å². The number of hydrogen-bond donors (Lipinski definition) is 0. The third kappa shape index (κ3) is 3.47. The van der Waals surface area contributed by atoms with Crippen LogP contribution in [-0.2, 0) is 0 Å². The Hall–Kier alpha value is -0.740. The Kier molecular flexibility index (Phi) is 5.73. The van der Waals surface area contributed by atoms with Gasteiger partial charge in [-0.15, -0.1) is 11.6 Å². The number of ether oxygens (including phenoxy) is 1. The smallest absolute Gasteiger partial charge is 0.257 e. The molecule has 1 aliphatic rings. The van der Waals surface area contributed by atoms with Gasteiger partial charge in [0.2, 0.25) is 0 Å². The normalized spacial score (nSPS) is 15.3. The maximum absolute atomic E-state index is 12.8. The Morgan fingerprint density at radius 1 is 1.45 bits per heavy atom. The summed E-state index contributed by atoms with van der Waals surface area (Å²) in [4.78, 5) is 14.7. The van der Waals surface area contributed by atoms with Crippen molar-refractivity contribution in [1.29, 1.82) is 0 Å². The lowest BCUT2D eigenvalue weighted by atomic mass is 10.1. The van der Waals surface area contributed by atoms with Crippen molar-refractivity contribution < 1.29 is 9.53 Å². The van der Waals surface area contributed by atoms with Crippen LogP contribution < -0.4 is 4.74 Å². The van der Waals surface area contributed by atoms with Crippen molar-refractivity contribution in [3.63, 3.8) is 0 Å². The van der Waals surface area contributed by atoms with E-state index in [1.165, 1.54) is 12.8 Å². The van der Waals surface area contributed by atoms with Gasteiger partial charge >= 0.3 is 0 Å². The summed E-state index contributed by atoms with van der Waals surface area (Å²) in [6, 6.07) is 5.81. The van der Waals surface area contributed by atoms with E-state index in [0.29, 0.717) is 29.8 Å². The highest BCUT2D eigenvalue weighted by Gasteiger charge is 2.28. The molecule has 2 rings (SSSR count). The zero-order chi connectivity index (χ0) is 14.5. The molecular weight excluding hydrogens is 342 g/mol. The summed E-state index contributed by atoms with van der Waals surface area (Å²) in [6.45, 7) is 0.588. The second-order valence-corrected chi connectivity index (χ2v) is 6.26. The van der Waals surface area contributed by atoms with Gasteiger partial charge in [-0.05, 0) is 31.0 Å². The van der Waals surface area contributed by atoms with Crippen LogP contribution in [0.1, 0.15) is 36.0 Å². The molecule has 1 amide bonds. The highest BCUT2D eigenvalue weighted by atomic mass is 79.9. The first kappa shape index (κ1) is 15.6. The van der Waals surface area contributed by atoms with Gasteiger partial charge in [-0.25, -0.2) is 0 Å². The fourth-order valence-corrected chi connectivity index (χ4v) is 3.28. The average Bonchev–Trinajstić information content (AvgIpc) is 2.97. The van der Waals surface area contributed by atoms with Crippen LogP contribution in [0, 0.1) is 0 Å². The van der Waals surface area contributed by atoms with Crippen molar-refractivity contribution in [3.8, 4) is 5.75 Å². The van der Waals surface area contributed by atoms with Crippen LogP contribution in [-0.4, -0.2) is 36.4 Å². The van der Waals surface area contributed by atoms with E-state index in [1.807, 2.05) is 17.0 Å². The van der Waals surface area contributed by atoms with E-state index in [0.717, 1.165) is 17.3 Å². The molecule has 0 aromatic heterocycles. The number of halogens is 2. The minimum absolute atomic E-state index is 0.0156. The Bertz CT molecular complexity index is 475. The zero-order valence-electron chi connectivity index (χ0n) is 11.6. The molecule has 0 spiro atoms. The number of nitrogens with zero attached hydrogens (tertiary/aromatic N) is 1. The maximum Gasteiger partial charge on any atom is 0.257 e. The zero-order valence-corrected chi connectivity index (χ0v) is 13.9. The van der Waals surface area contributed by atoms with Crippen molar-refractivity contribution >= 4 is 33.4 Å². The minimum Gasteiger partial charge on any atom is -0.496 e. The first-order valence-corrected chi connectivity index (χ1v) is 8.20. The average molecular weight is 361 g/mol. The van der Waals surface area contributed by atoms with Gasteiger partial charge in [0.25, 0.3) is 5.91 Å². The molecule has 0 heterocycles. The third-order valence-electron chi connectivity index (χ3n) is 3.75. The number of carbonyl (C=O) groups is 1. The lowest BCUT2D eigenvalue weighted by Gasteiger charge is -2.29. The van der Waals surface area contributed by atoms with Gasteiger partial charge in [0.05, 0.1) is 12.7 Å². The SMILES string of the molecule is COc1cc(Br)ccc1C(=O)N(CCCl)C1CCCC1. The molecule has 0 saturated heterocycles. The number of amides is 1. The van der Waals surface area contributed by atoms with E-state index in [-0.39, 0.29) is 5.91 Å². The van der Waals surface area contributed by atoms with Crippen molar-refractivity contribution in [2.45, 2.75) is 31.7 Å². The van der Waals surface area contributed by atoms with E-state index in [4.69, 9.17) is 16.3 Å². The summed E-state index contributed by atoms with van der Waals surface area (Å²) in [7, 11) is 1.58. The molecule has 1 aliphatic carbocycles. The molecule has 1 saturated carbocycles. The molecule has 0 atom stereocenters. The van der Waals surface area contributed by atoms with E-state index < -0.39 is 0 Å². The van der Waals surface area contributed by atoms with Crippen LogP contribution in [0.25, 0.3) is 0 Å². The van der Waals surface area contributed by atoms with E-state index >= 15 is 0 Å².